The largest absolute Gasteiger partial charge is 0.354 e. The highest BCUT2D eigenvalue weighted by atomic mass is 32.1. The Morgan fingerprint density at radius 3 is 2.76 bits per heavy atom. The molecule has 2 aromatic heterocycles. The van der Waals surface area contributed by atoms with E-state index in [0.29, 0.717) is 5.56 Å². The van der Waals surface area contributed by atoms with E-state index in [1.54, 1.807) is 23.6 Å². The van der Waals surface area contributed by atoms with Gasteiger partial charge in [0.05, 0.1) is 17.7 Å². The predicted molar refractivity (Wildman–Crippen MR) is 68.5 cm³/mol. The number of hydrogen-bond acceptors (Lipinski definition) is 5. The van der Waals surface area contributed by atoms with Gasteiger partial charge in [-0.25, -0.2) is 9.97 Å². The highest BCUT2D eigenvalue weighted by molar-refractivity contribution is 7.07. The second kappa shape index (κ2) is 5.05. The Kier molecular flexibility index (Phi) is 3.49. The van der Waals surface area contributed by atoms with Crippen LogP contribution in [0.3, 0.4) is 0 Å². The van der Waals surface area contributed by atoms with Crippen LogP contribution >= 0.6 is 11.3 Å². The molecule has 0 aliphatic heterocycles. The van der Waals surface area contributed by atoms with Gasteiger partial charge in [0.25, 0.3) is 0 Å². The van der Waals surface area contributed by atoms with Crippen LogP contribution in [0.15, 0.2) is 29.2 Å². The predicted octanol–water partition coefficient (Wildman–Crippen LogP) is 2.38. The zero-order valence-corrected chi connectivity index (χ0v) is 10.6. The Morgan fingerprint density at radius 1 is 1.41 bits per heavy atom. The Hall–Kier alpha value is -1.75. The summed E-state index contributed by atoms with van der Waals surface area (Å²) in [5.74, 6) is 0.870. The van der Waals surface area contributed by atoms with Crippen molar-refractivity contribution < 1.29 is 4.79 Å². The van der Waals surface area contributed by atoms with Gasteiger partial charge in [-0.2, -0.15) is 0 Å². The van der Waals surface area contributed by atoms with Crippen molar-refractivity contribution in [1.29, 1.82) is 0 Å². The Balaban J connectivity index is 2.09. The van der Waals surface area contributed by atoms with Crippen molar-refractivity contribution in [3.8, 4) is 0 Å². The summed E-state index contributed by atoms with van der Waals surface area (Å²) in [7, 11) is 1.95. The minimum Gasteiger partial charge on any atom is -0.354 e. The number of rotatable bonds is 4. The molecule has 0 aromatic carbocycles. The van der Waals surface area contributed by atoms with Crippen LogP contribution in [-0.4, -0.2) is 22.8 Å². The zero-order valence-electron chi connectivity index (χ0n) is 9.75. The zero-order chi connectivity index (χ0) is 12.3. The van der Waals surface area contributed by atoms with Gasteiger partial charge >= 0.3 is 0 Å². The average Bonchev–Trinajstić information content (AvgIpc) is 2.82. The number of aromatic nitrogens is 2. The quantitative estimate of drug-likeness (QED) is 0.778. The molecular formula is C12H13N3OS. The molecule has 5 heteroatoms. The summed E-state index contributed by atoms with van der Waals surface area (Å²) in [6, 6.07) is 3.64. The number of nitrogens with zero attached hydrogens (tertiary/aromatic N) is 3. The van der Waals surface area contributed by atoms with E-state index in [0.717, 1.165) is 18.1 Å². The minimum absolute atomic E-state index is 0.0335. The third-order valence-electron chi connectivity index (χ3n) is 2.43. The van der Waals surface area contributed by atoms with Gasteiger partial charge in [-0.15, -0.1) is 11.3 Å². The number of thiazole rings is 1. The first-order valence-electron chi connectivity index (χ1n) is 5.22. The summed E-state index contributed by atoms with van der Waals surface area (Å²) in [4.78, 5) is 21.6. The maximum absolute atomic E-state index is 11.1. The second-order valence-corrected chi connectivity index (χ2v) is 4.52. The smallest absolute Gasteiger partial charge is 0.161 e. The molecule has 17 heavy (non-hydrogen) atoms. The lowest BCUT2D eigenvalue weighted by Gasteiger charge is -2.16. The molecule has 0 radical (unpaired) electrons. The van der Waals surface area contributed by atoms with E-state index >= 15 is 0 Å². The molecule has 0 atom stereocenters. The van der Waals surface area contributed by atoms with E-state index < -0.39 is 0 Å². The normalized spacial score (nSPS) is 10.2. The number of anilines is 1. The molecule has 0 N–H and O–H groups in total. The summed E-state index contributed by atoms with van der Waals surface area (Å²) in [5, 5.41) is 2.01. The molecule has 0 saturated carbocycles. The third-order valence-corrected chi connectivity index (χ3v) is 3.06. The van der Waals surface area contributed by atoms with Gasteiger partial charge in [-0.05, 0) is 19.1 Å². The summed E-state index contributed by atoms with van der Waals surface area (Å²) in [6.07, 6.45) is 1.61. The molecule has 0 unspecified atom stereocenters. The third kappa shape index (κ3) is 2.88. The molecule has 2 heterocycles. The first kappa shape index (κ1) is 11.7. The van der Waals surface area contributed by atoms with Gasteiger partial charge in [0.15, 0.2) is 5.78 Å². The maximum Gasteiger partial charge on any atom is 0.161 e. The summed E-state index contributed by atoms with van der Waals surface area (Å²) in [6.45, 7) is 2.26. The van der Waals surface area contributed by atoms with Crippen molar-refractivity contribution in [3.05, 3.63) is 40.5 Å². The van der Waals surface area contributed by atoms with Crippen LogP contribution in [0.25, 0.3) is 0 Å². The molecule has 0 spiro atoms. The van der Waals surface area contributed by atoms with Crippen LogP contribution < -0.4 is 4.90 Å². The molecule has 0 amide bonds. The molecule has 0 fully saturated rings. The van der Waals surface area contributed by atoms with Crippen LogP contribution in [0.1, 0.15) is 23.0 Å². The fourth-order valence-electron chi connectivity index (χ4n) is 1.46. The van der Waals surface area contributed by atoms with E-state index in [4.69, 9.17) is 0 Å². The van der Waals surface area contributed by atoms with Gasteiger partial charge in [0.1, 0.15) is 5.82 Å². The standard InChI is InChI=1S/C12H13N3OS/c1-9(16)10-3-4-12(13-5-10)15(2)6-11-7-17-8-14-11/h3-5,7-8H,6H2,1-2H3. The van der Waals surface area contributed by atoms with Crippen LogP contribution in [0, 0.1) is 0 Å². The minimum atomic E-state index is 0.0335. The van der Waals surface area contributed by atoms with Crippen LogP contribution in [0.5, 0.6) is 0 Å². The van der Waals surface area contributed by atoms with Crippen LogP contribution in [0.2, 0.25) is 0 Å². The van der Waals surface area contributed by atoms with E-state index in [1.807, 2.05) is 28.9 Å². The summed E-state index contributed by atoms with van der Waals surface area (Å²) in [5.41, 5.74) is 3.47. The maximum atomic E-state index is 11.1. The lowest BCUT2D eigenvalue weighted by atomic mass is 10.2. The number of pyridine rings is 1. The topological polar surface area (TPSA) is 46.1 Å². The van der Waals surface area contributed by atoms with E-state index in [9.17, 15) is 4.79 Å². The van der Waals surface area contributed by atoms with E-state index in [2.05, 4.69) is 9.97 Å². The fourth-order valence-corrected chi connectivity index (χ4v) is 2.01. The molecule has 2 aromatic rings. The van der Waals surface area contributed by atoms with Crippen molar-refractivity contribution in [3.63, 3.8) is 0 Å². The van der Waals surface area contributed by atoms with Crippen molar-refractivity contribution in [2.24, 2.45) is 0 Å². The van der Waals surface area contributed by atoms with E-state index in [1.165, 1.54) is 6.92 Å². The number of carbonyl (C=O) groups excluding carboxylic acids is 1. The van der Waals surface area contributed by atoms with Crippen molar-refractivity contribution in [2.75, 3.05) is 11.9 Å². The number of hydrogen-bond donors (Lipinski definition) is 0. The number of carbonyl (C=O) groups is 1. The van der Waals surface area contributed by atoms with Gasteiger partial charge < -0.3 is 4.90 Å². The molecule has 2 rings (SSSR count). The van der Waals surface area contributed by atoms with Gasteiger partial charge in [0, 0.05) is 24.2 Å². The SMILES string of the molecule is CC(=O)c1ccc(N(C)Cc2cscn2)nc1. The number of ketones is 1. The monoisotopic (exact) mass is 247 g/mol. The summed E-state index contributed by atoms with van der Waals surface area (Å²) >= 11 is 1.58. The van der Waals surface area contributed by atoms with Gasteiger partial charge in [-0.3, -0.25) is 4.79 Å². The average molecular weight is 247 g/mol. The van der Waals surface area contributed by atoms with Crippen LogP contribution in [0.4, 0.5) is 5.82 Å². The lowest BCUT2D eigenvalue weighted by Crippen LogP contribution is -2.17. The Bertz CT molecular complexity index is 493. The van der Waals surface area contributed by atoms with Gasteiger partial charge in [-0.1, -0.05) is 0 Å². The second-order valence-electron chi connectivity index (χ2n) is 3.80. The molecule has 0 saturated heterocycles. The van der Waals surface area contributed by atoms with Crippen LogP contribution in [-0.2, 0) is 6.54 Å². The first-order valence-corrected chi connectivity index (χ1v) is 6.16. The molecule has 88 valence electrons. The molecule has 0 aliphatic rings. The Morgan fingerprint density at radius 2 is 2.24 bits per heavy atom. The number of Topliss-reactive ketones (excluding diaryl/α,β-unsaturated/α-hetero) is 1. The van der Waals surface area contributed by atoms with Gasteiger partial charge in [0.2, 0.25) is 0 Å². The molecule has 0 aliphatic carbocycles. The highest BCUT2D eigenvalue weighted by Crippen LogP contribution is 2.13. The molecular weight excluding hydrogens is 234 g/mol. The van der Waals surface area contributed by atoms with Crippen molar-refractivity contribution >= 4 is 22.9 Å². The lowest BCUT2D eigenvalue weighted by molar-refractivity contribution is 0.101. The first-order chi connectivity index (χ1) is 8.16. The molecule has 0 bridgehead atoms. The van der Waals surface area contributed by atoms with Crippen molar-refractivity contribution in [2.45, 2.75) is 13.5 Å². The van der Waals surface area contributed by atoms with E-state index in [-0.39, 0.29) is 5.78 Å². The fraction of sp³-hybridized carbons (Fsp3) is 0.250. The Labute approximate surface area is 104 Å². The highest BCUT2D eigenvalue weighted by Gasteiger charge is 2.06. The molecule has 4 nitrogen and oxygen atoms in total. The van der Waals surface area contributed by atoms with Crippen molar-refractivity contribution in [1.82, 2.24) is 9.97 Å². The summed E-state index contributed by atoms with van der Waals surface area (Å²) < 4.78 is 0.